The molecule has 1 saturated carbocycles. The Morgan fingerprint density at radius 1 is 1.29 bits per heavy atom. The first kappa shape index (κ1) is 25.0. The fourth-order valence-corrected chi connectivity index (χ4v) is 4.22. The van der Waals surface area contributed by atoms with Gasteiger partial charge in [0.15, 0.2) is 10.8 Å². The third kappa shape index (κ3) is 4.56. The van der Waals surface area contributed by atoms with E-state index in [-0.39, 0.29) is 28.5 Å². The maximum absolute atomic E-state index is 14.7. The van der Waals surface area contributed by atoms with E-state index in [0.29, 0.717) is 18.9 Å². The number of benzene rings is 1. The molecule has 7 nitrogen and oxygen atoms in total. The summed E-state index contributed by atoms with van der Waals surface area (Å²) in [6, 6.07) is 5.79. The Labute approximate surface area is 198 Å². The molecule has 0 unspecified atom stereocenters. The van der Waals surface area contributed by atoms with Crippen LogP contribution in [0.4, 0.5) is 28.9 Å². The number of thiocarbonyl (C=S) groups is 1. The van der Waals surface area contributed by atoms with Crippen LogP contribution in [0, 0.1) is 17.1 Å². The number of anilines is 2. The van der Waals surface area contributed by atoms with Crippen LogP contribution in [0.25, 0.3) is 0 Å². The van der Waals surface area contributed by atoms with Crippen LogP contribution in [0.5, 0.6) is 0 Å². The van der Waals surface area contributed by atoms with Crippen LogP contribution in [0.15, 0.2) is 30.5 Å². The molecule has 178 valence electrons. The summed E-state index contributed by atoms with van der Waals surface area (Å²) >= 11 is 5.50. The second-order valence-corrected chi connectivity index (χ2v) is 8.25. The molecule has 0 aliphatic heterocycles. The average Bonchev–Trinajstić information content (AvgIpc) is 2.77. The summed E-state index contributed by atoms with van der Waals surface area (Å²) in [5.41, 5.74) is -3.09. The van der Waals surface area contributed by atoms with E-state index in [2.05, 4.69) is 10.3 Å². The smallest absolute Gasteiger partial charge is 0.355 e. The lowest BCUT2D eigenvalue weighted by molar-refractivity contribution is -0.138. The zero-order chi connectivity index (χ0) is 25.3. The van der Waals surface area contributed by atoms with E-state index in [1.807, 2.05) is 6.92 Å². The third-order valence-corrected chi connectivity index (χ3v) is 6.10. The second kappa shape index (κ2) is 9.34. The summed E-state index contributed by atoms with van der Waals surface area (Å²) < 4.78 is 55.0. The van der Waals surface area contributed by atoms with Gasteiger partial charge in [-0.25, -0.2) is 9.37 Å². The maximum atomic E-state index is 14.7. The molecule has 0 atom stereocenters. The second-order valence-electron chi connectivity index (χ2n) is 7.89. The Balaban J connectivity index is 2.09. The van der Waals surface area contributed by atoms with Crippen LogP contribution in [0.3, 0.4) is 0 Å². The standard InChI is InChI=1S/C22H19F4N5O2S/c1-21(6-3-7-21)31(13-4-5-15(17(23)9-13)19(33)28-2)20(34)30(12-32)14-8-16(22(24,25)26)18(10-27)29-11-14/h4-5,8-9,11-12H,3,6-7H2,1-2H3,(H,28,33). The number of hydrogen-bond acceptors (Lipinski definition) is 5. The molecule has 12 heteroatoms. The predicted octanol–water partition coefficient (Wildman–Crippen LogP) is 4.17. The van der Waals surface area contributed by atoms with Gasteiger partial charge in [0.1, 0.15) is 11.9 Å². The highest BCUT2D eigenvalue weighted by molar-refractivity contribution is 7.81. The van der Waals surface area contributed by atoms with Crippen molar-refractivity contribution in [2.75, 3.05) is 16.8 Å². The lowest BCUT2D eigenvalue weighted by atomic mass is 9.77. The molecule has 1 aliphatic carbocycles. The van der Waals surface area contributed by atoms with E-state index < -0.39 is 34.7 Å². The lowest BCUT2D eigenvalue weighted by Crippen LogP contribution is -2.58. The van der Waals surface area contributed by atoms with E-state index >= 15 is 0 Å². The minimum absolute atomic E-state index is 0.200. The largest absolute Gasteiger partial charge is 0.419 e. The molecule has 0 radical (unpaired) electrons. The number of nitrogens with zero attached hydrogens (tertiary/aromatic N) is 4. The number of nitriles is 1. The number of pyridine rings is 1. The van der Waals surface area contributed by atoms with Crippen molar-refractivity contribution < 1.29 is 27.2 Å². The van der Waals surface area contributed by atoms with Crippen molar-refractivity contribution in [3.8, 4) is 6.07 Å². The number of nitrogens with one attached hydrogen (secondary N) is 1. The lowest BCUT2D eigenvalue weighted by Gasteiger charge is -2.50. The van der Waals surface area contributed by atoms with Gasteiger partial charge in [0.2, 0.25) is 6.41 Å². The van der Waals surface area contributed by atoms with Crippen molar-refractivity contribution in [1.82, 2.24) is 10.3 Å². The van der Waals surface area contributed by atoms with Crippen molar-refractivity contribution in [3.63, 3.8) is 0 Å². The first-order valence-electron chi connectivity index (χ1n) is 10.0. The number of amides is 2. The van der Waals surface area contributed by atoms with Gasteiger partial charge in [-0.15, -0.1) is 0 Å². The molecule has 1 aliphatic rings. The highest BCUT2D eigenvalue weighted by atomic mass is 32.1. The van der Waals surface area contributed by atoms with Crippen LogP contribution >= 0.6 is 12.2 Å². The predicted molar refractivity (Wildman–Crippen MR) is 120 cm³/mol. The van der Waals surface area contributed by atoms with Crippen LogP contribution in [-0.2, 0) is 11.0 Å². The van der Waals surface area contributed by atoms with Gasteiger partial charge in [0.05, 0.1) is 23.0 Å². The Morgan fingerprint density at radius 2 is 1.97 bits per heavy atom. The molecular weight excluding hydrogens is 474 g/mol. The SMILES string of the molecule is CNC(=O)c1ccc(N(C(=S)N(C=O)c2cnc(C#N)c(C(F)(F)F)c2)C2(C)CCC2)cc1F. The van der Waals surface area contributed by atoms with Gasteiger partial charge < -0.3 is 10.2 Å². The summed E-state index contributed by atoms with van der Waals surface area (Å²) in [6.07, 6.45) is -1.65. The average molecular weight is 493 g/mol. The fraction of sp³-hybridized carbons (Fsp3) is 0.318. The summed E-state index contributed by atoms with van der Waals surface area (Å²) in [5.74, 6) is -1.46. The summed E-state index contributed by atoms with van der Waals surface area (Å²) in [6.45, 7) is 1.83. The van der Waals surface area contributed by atoms with Gasteiger partial charge >= 0.3 is 6.18 Å². The molecule has 34 heavy (non-hydrogen) atoms. The van der Waals surface area contributed by atoms with Gasteiger partial charge in [-0.2, -0.15) is 18.4 Å². The Kier molecular flexibility index (Phi) is 6.88. The molecular formula is C22H19F4N5O2S. The molecule has 2 amide bonds. The summed E-state index contributed by atoms with van der Waals surface area (Å²) in [7, 11) is 1.36. The molecule has 1 fully saturated rings. The maximum Gasteiger partial charge on any atom is 0.419 e. The highest BCUT2D eigenvalue weighted by Gasteiger charge is 2.42. The van der Waals surface area contributed by atoms with Crippen molar-refractivity contribution in [2.45, 2.75) is 37.9 Å². The van der Waals surface area contributed by atoms with E-state index in [0.717, 1.165) is 23.6 Å². The van der Waals surface area contributed by atoms with Crippen LogP contribution in [0.2, 0.25) is 0 Å². The monoisotopic (exact) mass is 493 g/mol. The summed E-state index contributed by atoms with van der Waals surface area (Å²) in [4.78, 5) is 29.6. The molecule has 0 spiro atoms. The Hall–Kier alpha value is -3.59. The van der Waals surface area contributed by atoms with Crippen LogP contribution < -0.4 is 15.1 Å². The van der Waals surface area contributed by atoms with Gasteiger partial charge in [-0.1, -0.05) is 0 Å². The number of aromatic nitrogens is 1. The number of carbonyl (C=O) groups is 2. The van der Waals surface area contributed by atoms with Crippen molar-refractivity contribution in [1.29, 1.82) is 5.26 Å². The number of alkyl halides is 3. The third-order valence-electron chi connectivity index (χ3n) is 5.72. The molecule has 1 aromatic carbocycles. The zero-order valence-electron chi connectivity index (χ0n) is 18.1. The normalized spacial score (nSPS) is 14.4. The number of halogens is 4. The van der Waals surface area contributed by atoms with Gasteiger partial charge in [0.25, 0.3) is 5.91 Å². The molecule has 0 bridgehead atoms. The van der Waals surface area contributed by atoms with Crippen LogP contribution in [0.1, 0.15) is 47.8 Å². The Morgan fingerprint density at radius 3 is 2.44 bits per heavy atom. The minimum atomic E-state index is -4.89. The van der Waals surface area contributed by atoms with Gasteiger partial charge in [-0.3, -0.25) is 14.5 Å². The topological polar surface area (TPSA) is 89.3 Å². The van der Waals surface area contributed by atoms with Crippen molar-refractivity contribution in [3.05, 3.63) is 53.1 Å². The van der Waals surface area contributed by atoms with E-state index in [9.17, 15) is 27.2 Å². The van der Waals surface area contributed by atoms with Crippen LogP contribution in [-0.4, -0.2) is 35.0 Å². The summed E-state index contributed by atoms with van der Waals surface area (Å²) in [5, 5.41) is 11.1. The van der Waals surface area contributed by atoms with E-state index in [1.54, 1.807) is 0 Å². The highest BCUT2D eigenvalue weighted by Crippen LogP contribution is 2.42. The molecule has 1 heterocycles. The number of carbonyl (C=O) groups excluding carboxylic acids is 2. The van der Waals surface area contributed by atoms with E-state index in [4.69, 9.17) is 17.5 Å². The Bertz CT molecular complexity index is 1190. The molecule has 0 saturated heterocycles. The van der Waals surface area contributed by atoms with Crippen molar-refractivity contribution in [2.24, 2.45) is 0 Å². The first-order chi connectivity index (χ1) is 16.0. The minimum Gasteiger partial charge on any atom is -0.355 e. The fourth-order valence-electron chi connectivity index (χ4n) is 3.74. The first-order valence-corrected chi connectivity index (χ1v) is 10.5. The zero-order valence-corrected chi connectivity index (χ0v) is 18.9. The quantitative estimate of drug-likeness (QED) is 0.382. The number of rotatable bonds is 5. The van der Waals surface area contributed by atoms with E-state index in [1.165, 1.54) is 30.1 Å². The van der Waals surface area contributed by atoms with Crippen molar-refractivity contribution >= 4 is 41.0 Å². The molecule has 1 N–H and O–H groups in total. The molecule has 2 aromatic rings. The van der Waals surface area contributed by atoms with Gasteiger partial charge in [-0.05, 0) is 62.7 Å². The molecule has 3 rings (SSSR count). The molecule has 1 aromatic heterocycles. The van der Waals surface area contributed by atoms with Gasteiger partial charge in [0, 0.05) is 18.3 Å². The number of hydrogen-bond donors (Lipinski definition) is 1.